The predicted molar refractivity (Wildman–Crippen MR) is 82.7 cm³/mol. The van der Waals surface area contributed by atoms with Crippen LogP contribution in [0.5, 0.6) is 0 Å². The molecule has 2 aliphatic heterocycles. The normalized spacial score (nSPS) is 24.9. The Bertz CT molecular complexity index is 429. The molecule has 4 nitrogen and oxygen atoms in total. The molecule has 0 bridgehead atoms. The highest BCUT2D eigenvalue weighted by Gasteiger charge is 2.21. The number of rotatable bonds is 3. The van der Waals surface area contributed by atoms with E-state index >= 15 is 0 Å². The first-order valence-electron chi connectivity index (χ1n) is 7.35. The summed E-state index contributed by atoms with van der Waals surface area (Å²) in [5, 5.41) is 4.33. The second-order valence-electron chi connectivity index (χ2n) is 5.49. The zero-order valence-electron chi connectivity index (χ0n) is 11.7. The fourth-order valence-electron chi connectivity index (χ4n) is 2.91. The van der Waals surface area contributed by atoms with Crippen LogP contribution in [0.3, 0.4) is 0 Å². The minimum Gasteiger partial charge on any atom is -0.378 e. The van der Waals surface area contributed by atoms with Gasteiger partial charge in [0, 0.05) is 56.0 Å². The van der Waals surface area contributed by atoms with Crippen LogP contribution in [-0.2, 0) is 4.74 Å². The fourth-order valence-corrected chi connectivity index (χ4v) is 3.09. The molecule has 0 saturated carbocycles. The van der Waals surface area contributed by atoms with Crippen molar-refractivity contribution in [2.45, 2.75) is 6.04 Å². The van der Waals surface area contributed by atoms with Gasteiger partial charge in [-0.05, 0) is 18.2 Å². The standard InChI is InChI=1S/C15H22ClN3O/c16-13-2-1-3-15(10-13)19-7-5-18(6-8-19)11-14-12-20-9-4-17-14/h1-3,10,14,17H,4-9,11-12H2. The molecule has 1 aromatic carbocycles. The van der Waals surface area contributed by atoms with Crippen LogP contribution >= 0.6 is 11.6 Å². The van der Waals surface area contributed by atoms with Crippen LogP contribution in [0.4, 0.5) is 5.69 Å². The van der Waals surface area contributed by atoms with Crippen molar-refractivity contribution in [3.63, 3.8) is 0 Å². The van der Waals surface area contributed by atoms with Crippen molar-refractivity contribution < 1.29 is 4.74 Å². The number of halogens is 1. The van der Waals surface area contributed by atoms with Crippen molar-refractivity contribution in [2.75, 3.05) is 57.4 Å². The van der Waals surface area contributed by atoms with Gasteiger partial charge in [-0.25, -0.2) is 0 Å². The molecule has 110 valence electrons. The van der Waals surface area contributed by atoms with Gasteiger partial charge >= 0.3 is 0 Å². The average molecular weight is 296 g/mol. The highest BCUT2D eigenvalue weighted by atomic mass is 35.5. The van der Waals surface area contributed by atoms with Gasteiger partial charge in [0.25, 0.3) is 0 Å². The molecule has 2 fully saturated rings. The molecule has 1 atom stereocenters. The molecule has 2 aliphatic rings. The van der Waals surface area contributed by atoms with Crippen molar-refractivity contribution in [3.05, 3.63) is 29.3 Å². The van der Waals surface area contributed by atoms with Crippen molar-refractivity contribution >= 4 is 17.3 Å². The lowest BCUT2D eigenvalue weighted by Crippen LogP contribution is -2.53. The molecule has 0 aliphatic carbocycles. The van der Waals surface area contributed by atoms with E-state index in [1.54, 1.807) is 0 Å². The molecule has 0 amide bonds. The first-order chi connectivity index (χ1) is 9.81. The molecule has 1 N–H and O–H groups in total. The number of hydrogen-bond donors (Lipinski definition) is 1. The van der Waals surface area contributed by atoms with Gasteiger partial charge in [0.15, 0.2) is 0 Å². The largest absolute Gasteiger partial charge is 0.378 e. The van der Waals surface area contributed by atoms with E-state index in [-0.39, 0.29) is 0 Å². The Morgan fingerprint density at radius 1 is 1.25 bits per heavy atom. The van der Waals surface area contributed by atoms with Gasteiger partial charge in [-0.2, -0.15) is 0 Å². The number of morpholine rings is 1. The summed E-state index contributed by atoms with van der Waals surface area (Å²) in [4.78, 5) is 4.93. The van der Waals surface area contributed by atoms with Gasteiger partial charge in [-0.3, -0.25) is 4.90 Å². The molecule has 5 heteroatoms. The van der Waals surface area contributed by atoms with E-state index in [1.807, 2.05) is 18.2 Å². The smallest absolute Gasteiger partial charge is 0.0632 e. The third-order valence-electron chi connectivity index (χ3n) is 4.02. The van der Waals surface area contributed by atoms with Crippen LogP contribution in [0.15, 0.2) is 24.3 Å². The summed E-state index contributed by atoms with van der Waals surface area (Å²) >= 11 is 6.06. The summed E-state index contributed by atoms with van der Waals surface area (Å²) in [6.07, 6.45) is 0. The minimum atomic E-state index is 0.487. The second-order valence-corrected chi connectivity index (χ2v) is 5.93. The zero-order chi connectivity index (χ0) is 13.8. The minimum absolute atomic E-state index is 0.487. The number of hydrogen-bond acceptors (Lipinski definition) is 4. The topological polar surface area (TPSA) is 27.7 Å². The van der Waals surface area contributed by atoms with E-state index in [2.05, 4.69) is 21.2 Å². The van der Waals surface area contributed by atoms with Gasteiger partial charge in [0.05, 0.1) is 13.2 Å². The molecule has 20 heavy (non-hydrogen) atoms. The Morgan fingerprint density at radius 2 is 2.10 bits per heavy atom. The second kappa shape index (κ2) is 6.76. The first kappa shape index (κ1) is 14.1. The highest BCUT2D eigenvalue weighted by Crippen LogP contribution is 2.20. The third kappa shape index (κ3) is 3.64. The lowest BCUT2D eigenvalue weighted by atomic mass is 10.2. The number of nitrogens with zero attached hydrogens (tertiary/aromatic N) is 2. The monoisotopic (exact) mass is 295 g/mol. The maximum absolute atomic E-state index is 6.06. The Balaban J connectivity index is 1.49. The van der Waals surface area contributed by atoms with E-state index in [0.717, 1.165) is 57.5 Å². The van der Waals surface area contributed by atoms with Gasteiger partial charge in [0.1, 0.15) is 0 Å². The van der Waals surface area contributed by atoms with Gasteiger partial charge in [0.2, 0.25) is 0 Å². The number of nitrogens with one attached hydrogen (secondary N) is 1. The maximum Gasteiger partial charge on any atom is 0.0632 e. The van der Waals surface area contributed by atoms with E-state index in [4.69, 9.17) is 16.3 Å². The fraction of sp³-hybridized carbons (Fsp3) is 0.600. The quantitative estimate of drug-likeness (QED) is 0.913. The molecule has 3 rings (SSSR count). The molecule has 0 spiro atoms. The molecule has 0 radical (unpaired) electrons. The summed E-state index contributed by atoms with van der Waals surface area (Å²) in [6.45, 7) is 8.08. The highest BCUT2D eigenvalue weighted by molar-refractivity contribution is 6.30. The van der Waals surface area contributed by atoms with Gasteiger partial charge < -0.3 is 15.0 Å². The van der Waals surface area contributed by atoms with Crippen molar-refractivity contribution in [1.29, 1.82) is 0 Å². The van der Waals surface area contributed by atoms with Crippen molar-refractivity contribution in [1.82, 2.24) is 10.2 Å². The number of ether oxygens (including phenoxy) is 1. The summed E-state index contributed by atoms with van der Waals surface area (Å²) in [5.41, 5.74) is 1.23. The summed E-state index contributed by atoms with van der Waals surface area (Å²) in [5.74, 6) is 0. The molecular weight excluding hydrogens is 274 g/mol. The average Bonchev–Trinajstić information content (AvgIpc) is 2.49. The van der Waals surface area contributed by atoms with Gasteiger partial charge in [-0.15, -0.1) is 0 Å². The molecule has 1 aromatic rings. The van der Waals surface area contributed by atoms with E-state index in [0.29, 0.717) is 6.04 Å². The van der Waals surface area contributed by atoms with Gasteiger partial charge in [-0.1, -0.05) is 17.7 Å². The van der Waals surface area contributed by atoms with E-state index in [9.17, 15) is 0 Å². The Labute approximate surface area is 125 Å². The molecular formula is C15H22ClN3O. The summed E-state index contributed by atoms with van der Waals surface area (Å²) < 4.78 is 5.51. The summed E-state index contributed by atoms with van der Waals surface area (Å²) in [7, 11) is 0. The molecule has 1 unspecified atom stereocenters. The van der Waals surface area contributed by atoms with Crippen LogP contribution < -0.4 is 10.2 Å². The number of benzene rings is 1. The Morgan fingerprint density at radius 3 is 2.80 bits per heavy atom. The number of piperazine rings is 1. The van der Waals surface area contributed by atoms with Crippen LogP contribution in [-0.4, -0.2) is 63.4 Å². The van der Waals surface area contributed by atoms with Crippen molar-refractivity contribution in [3.8, 4) is 0 Å². The lowest BCUT2D eigenvalue weighted by molar-refractivity contribution is 0.0610. The zero-order valence-corrected chi connectivity index (χ0v) is 12.5. The van der Waals surface area contributed by atoms with Crippen LogP contribution in [0.2, 0.25) is 5.02 Å². The first-order valence-corrected chi connectivity index (χ1v) is 7.73. The molecule has 0 aromatic heterocycles. The molecule has 2 heterocycles. The third-order valence-corrected chi connectivity index (χ3v) is 4.26. The maximum atomic E-state index is 6.06. The summed E-state index contributed by atoms with van der Waals surface area (Å²) in [6, 6.07) is 8.62. The van der Waals surface area contributed by atoms with Crippen LogP contribution in [0.25, 0.3) is 0 Å². The predicted octanol–water partition coefficient (Wildman–Crippen LogP) is 1.45. The van der Waals surface area contributed by atoms with Crippen LogP contribution in [0, 0.1) is 0 Å². The van der Waals surface area contributed by atoms with E-state index < -0.39 is 0 Å². The number of anilines is 1. The Hall–Kier alpha value is -0.810. The van der Waals surface area contributed by atoms with Crippen molar-refractivity contribution in [2.24, 2.45) is 0 Å². The Kier molecular flexibility index (Phi) is 4.78. The lowest BCUT2D eigenvalue weighted by Gasteiger charge is -2.38. The van der Waals surface area contributed by atoms with E-state index in [1.165, 1.54) is 5.69 Å². The molecule has 2 saturated heterocycles. The van der Waals surface area contributed by atoms with Crippen LogP contribution in [0.1, 0.15) is 0 Å². The SMILES string of the molecule is Clc1cccc(N2CCN(CC3COCCN3)CC2)c1.